The summed E-state index contributed by atoms with van der Waals surface area (Å²) in [5, 5.41) is 0. The minimum atomic E-state index is 0.331. The molecule has 0 aromatic carbocycles. The van der Waals surface area contributed by atoms with Crippen molar-refractivity contribution in [3.8, 4) is 0 Å². The van der Waals surface area contributed by atoms with Gasteiger partial charge in [0.05, 0.1) is 9.83 Å². The second-order valence-corrected chi connectivity index (χ2v) is 6.76. The molecule has 1 rings (SSSR count). The molecule has 2 N–H and O–H groups in total. The molecule has 86 valence electrons. The first-order chi connectivity index (χ1) is 7.10. The molecule has 0 aliphatic rings. The van der Waals surface area contributed by atoms with Gasteiger partial charge < -0.3 is 5.73 Å². The third-order valence-corrected chi connectivity index (χ3v) is 5.68. The maximum Gasteiger partial charge on any atom is 0.0843 e. The number of likely N-dealkylation sites (N-methyl/N-ethyl adjacent to an activating group) is 1. The quantitative estimate of drug-likeness (QED) is 0.874. The Morgan fingerprint density at radius 2 is 2.20 bits per heavy atom. The standard InChI is InChI=1S/C10H16Br2N2S/c1-3-4-14(2)8(6-13)9-5-7(11)10(12)15-9/h5,8H,3-4,6,13H2,1-2H3. The third kappa shape index (κ3) is 3.53. The summed E-state index contributed by atoms with van der Waals surface area (Å²) in [6.45, 7) is 3.93. The van der Waals surface area contributed by atoms with Crippen LogP contribution in [-0.2, 0) is 0 Å². The average Bonchev–Trinajstić information content (AvgIpc) is 2.48. The molecule has 2 nitrogen and oxygen atoms in total. The normalized spacial score (nSPS) is 13.5. The van der Waals surface area contributed by atoms with E-state index in [9.17, 15) is 0 Å². The molecule has 0 radical (unpaired) electrons. The fourth-order valence-corrected chi connectivity index (χ4v) is 3.82. The summed E-state index contributed by atoms with van der Waals surface area (Å²) in [6, 6.07) is 2.48. The molecule has 15 heavy (non-hydrogen) atoms. The second-order valence-electron chi connectivity index (χ2n) is 3.50. The zero-order chi connectivity index (χ0) is 11.4. The van der Waals surface area contributed by atoms with Gasteiger partial charge in [-0.1, -0.05) is 6.92 Å². The summed E-state index contributed by atoms with van der Waals surface area (Å²) in [6.07, 6.45) is 1.15. The minimum absolute atomic E-state index is 0.331. The van der Waals surface area contributed by atoms with Crippen LogP contribution in [0.15, 0.2) is 14.3 Å². The summed E-state index contributed by atoms with van der Waals surface area (Å²) in [5.41, 5.74) is 5.83. The lowest BCUT2D eigenvalue weighted by Gasteiger charge is -2.25. The van der Waals surface area contributed by atoms with Crippen LogP contribution in [0.25, 0.3) is 0 Å². The van der Waals surface area contributed by atoms with Gasteiger partial charge >= 0.3 is 0 Å². The van der Waals surface area contributed by atoms with Gasteiger partial charge in [0.15, 0.2) is 0 Å². The lowest BCUT2D eigenvalue weighted by molar-refractivity contribution is 0.254. The highest BCUT2D eigenvalue weighted by Gasteiger charge is 2.18. The summed E-state index contributed by atoms with van der Waals surface area (Å²) in [4.78, 5) is 3.62. The first-order valence-corrected chi connectivity index (χ1v) is 7.35. The number of nitrogens with two attached hydrogens (primary N) is 1. The third-order valence-electron chi connectivity index (χ3n) is 2.32. The van der Waals surface area contributed by atoms with E-state index >= 15 is 0 Å². The fraction of sp³-hybridized carbons (Fsp3) is 0.600. The van der Waals surface area contributed by atoms with Gasteiger partial charge in [-0.25, -0.2) is 0 Å². The summed E-state index contributed by atoms with van der Waals surface area (Å²) >= 11 is 8.77. The molecule has 0 bridgehead atoms. The van der Waals surface area contributed by atoms with Gasteiger partial charge in [0.2, 0.25) is 0 Å². The molecule has 1 aromatic heterocycles. The predicted octanol–water partition coefficient (Wildman–Crippen LogP) is 3.61. The van der Waals surface area contributed by atoms with E-state index in [0.29, 0.717) is 12.6 Å². The van der Waals surface area contributed by atoms with Crippen LogP contribution >= 0.6 is 43.2 Å². The molecule has 0 spiro atoms. The Bertz CT molecular complexity index is 295. The fourth-order valence-electron chi connectivity index (χ4n) is 1.55. The number of thiophene rings is 1. The van der Waals surface area contributed by atoms with Gasteiger partial charge in [0.25, 0.3) is 0 Å². The Morgan fingerprint density at radius 1 is 1.53 bits per heavy atom. The van der Waals surface area contributed by atoms with Crippen LogP contribution in [0.4, 0.5) is 0 Å². The first kappa shape index (κ1) is 13.6. The van der Waals surface area contributed by atoms with E-state index in [1.165, 1.54) is 4.88 Å². The molecular formula is C10H16Br2N2S. The number of halogens is 2. The molecular weight excluding hydrogens is 340 g/mol. The van der Waals surface area contributed by atoms with E-state index in [1.807, 2.05) is 0 Å². The monoisotopic (exact) mass is 354 g/mol. The predicted molar refractivity (Wildman–Crippen MR) is 74.4 cm³/mol. The van der Waals surface area contributed by atoms with Crippen LogP contribution in [0.5, 0.6) is 0 Å². The van der Waals surface area contributed by atoms with Crippen molar-refractivity contribution < 1.29 is 0 Å². The van der Waals surface area contributed by atoms with Crippen molar-refractivity contribution in [2.24, 2.45) is 5.73 Å². The number of nitrogens with zero attached hydrogens (tertiary/aromatic N) is 1. The van der Waals surface area contributed by atoms with Crippen LogP contribution in [-0.4, -0.2) is 25.0 Å². The van der Waals surface area contributed by atoms with Gasteiger partial charge in [0.1, 0.15) is 0 Å². The first-order valence-electron chi connectivity index (χ1n) is 4.95. The van der Waals surface area contributed by atoms with Gasteiger partial charge in [-0.15, -0.1) is 11.3 Å². The Kier molecular flexibility index (Phi) is 5.77. The molecule has 1 aromatic rings. The maximum atomic E-state index is 5.83. The zero-order valence-corrected chi connectivity index (χ0v) is 13.0. The van der Waals surface area contributed by atoms with Crippen LogP contribution in [0, 0.1) is 0 Å². The Hall–Kier alpha value is 0.580. The van der Waals surface area contributed by atoms with Crippen LogP contribution in [0.3, 0.4) is 0 Å². The lowest BCUT2D eigenvalue weighted by Crippen LogP contribution is -2.30. The Morgan fingerprint density at radius 3 is 2.60 bits per heavy atom. The van der Waals surface area contributed by atoms with E-state index in [1.54, 1.807) is 11.3 Å². The van der Waals surface area contributed by atoms with Crippen LogP contribution in [0.2, 0.25) is 0 Å². The van der Waals surface area contributed by atoms with Crippen LogP contribution < -0.4 is 5.73 Å². The minimum Gasteiger partial charge on any atom is -0.329 e. The highest BCUT2D eigenvalue weighted by atomic mass is 79.9. The van der Waals surface area contributed by atoms with E-state index < -0.39 is 0 Å². The van der Waals surface area contributed by atoms with Crippen LogP contribution in [0.1, 0.15) is 24.3 Å². The number of hydrogen-bond acceptors (Lipinski definition) is 3. The number of hydrogen-bond donors (Lipinski definition) is 1. The molecule has 0 aliphatic carbocycles. The molecule has 0 amide bonds. The SMILES string of the molecule is CCCN(C)C(CN)c1cc(Br)c(Br)s1. The second kappa shape index (κ2) is 6.35. The largest absolute Gasteiger partial charge is 0.329 e. The smallest absolute Gasteiger partial charge is 0.0843 e. The number of rotatable bonds is 5. The van der Waals surface area contributed by atoms with Gasteiger partial charge in [-0.2, -0.15) is 0 Å². The van der Waals surface area contributed by atoms with E-state index in [-0.39, 0.29) is 0 Å². The Balaban J connectivity index is 2.82. The Labute approximate surface area is 112 Å². The molecule has 1 heterocycles. The van der Waals surface area contributed by atoms with Crippen molar-refractivity contribution in [3.05, 3.63) is 19.2 Å². The average molecular weight is 356 g/mol. The van der Waals surface area contributed by atoms with Gasteiger partial charge in [0, 0.05) is 15.9 Å². The molecule has 1 atom stereocenters. The van der Waals surface area contributed by atoms with Crippen molar-refractivity contribution in [2.75, 3.05) is 20.1 Å². The lowest BCUT2D eigenvalue weighted by atomic mass is 10.2. The summed E-state index contributed by atoms with van der Waals surface area (Å²) in [7, 11) is 2.13. The molecule has 0 saturated heterocycles. The zero-order valence-electron chi connectivity index (χ0n) is 8.96. The molecule has 0 saturated carbocycles. The molecule has 5 heteroatoms. The molecule has 0 aliphatic heterocycles. The van der Waals surface area contributed by atoms with Gasteiger partial charge in [-0.3, -0.25) is 4.90 Å². The van der Waals surface area contributed by atoms with Crippen molar-refractivity contribution in [1.82, 2.24) is 4.90 Å². The van der Waals surface area contributed by atoms with Crippen molar-refractivity contribution in [3.63, 3.8) is 0 Å². The van der Waals surface area contributed by atoms with E-state index in [2.05, 4.69) is 56.8 Å². The van der Waals surface area contributed by atoms with E-state index in [0.717, 1.165) is 21.2 Å². The van der Waals surface area contributed by atoms with E-state index in [4.69, 9.17) is 5.73 Å². The highest BCUT2D eigenvalue weighted by Crippen LogP contribution is 2.36. The maximum absolute atomic E-state index is 5.83. The molecule has 1 unspecified atom stereocenters. The summed E-state index contributed by atoms with van der Waals surface area (Å²) in [5.74, 6) is 0. The van der Waals surface area contributed by atoms with Gasteiger partial charge in [-0.05, 0) is 57.9 Å². The topological polar surface area (TPSA) is 29.3 Å². The molecule has 0 fully saturated rings. The van der Waals surface area contributed by atoms with Crippen molar-refractivity contribution in [1.29, 1.82) is 0 Å². The highest BCUT2D eigenvalue weighted by molar-refractivity contribution is 9.13. The van der Waals surface area contributed by atoms with Crippen molar-refractivity contribution in [2.45, 2.75) is 19.4 Å². The summed E-state index contributed by atoms with van der Waals surface area (Å²) < 4.78 is 2.26. The van der Waals surface area contributed by atoms with Crippen molar-refractivity contribution >= 4 is 43.2 Å².